The SMILES string of the molecule is CCCCCCCCCCCCCCCCO[C@H]1[C@H](O)[C@@H](CN2C(=O)CNC(=O)c3cc(Cl)ccc32)OC(O)[C@@H]1O. The molecule has 0 saturated carbocycles. The predicted octanol–water partition coefficient (Wildman–Crippen LogP) is 4.72. The smallest absolute Gasteiger partial charge is 0.253 e. The first-order chi connectivity index (χ1) is 19.8. The highest BCUT2D eigenvalue weighted by Crippen LogP contribution is 2.29. The second-order valence-corrected chi connectivity index (χ2v) is 11.8. The Morgan fingerprint density at radius 3 is 2.10 bits per heavy atom. The number of unbranched alkanes of at least 4 members (excludes halogenated alkanes) is 13. The number of hydrogen-bond acceptors (Lipinski definition) is 7. The molecule has 232 valence electrons. The van der Waals surface area contributed by atoms with E-state index in [0.717, 1.165) is 19.3 Å². The third-order valence-electron chi connectivity index (χ3n) is 8.03. The molecule has 0 bridgehead atoms. The number of aliphatic hydroxyl groups is 3. The van der Waals surface area contributed by atoms with Gasteiger partial charge >= 0.3 is 0 Å². The maximum absolute atomic E-state index is 12.8. The zero-order valence-corrected chi connectivity index (χ0v) is 25.2. The van der Waals surface area contributed by atoms with E-state index in [1.54, 1.807) is 12.1 Å². The van der Waals surface area contributed by atoms with Crippen molar-refractivity contribution in [1.82, 2.24) is 5.32 Å². The summed E-state index contributed by atoms with van der Waals surface area (Å²) in [5.41, 5.74) is 0.547. The summed E-state index contributed by atoms with van der Waals surface area (Å²) >= 11 is 6.06. The van der Waals surface area contributed by atoms with Gasteiger partial charge in [-0.1, -0.05) is 102 Å². The van der Waals surface area contributed by atoms with Crippen LogP contribution in [0.15, 0.2) is 18.2 Å². The van der Waals surface area contributed by atoms with E-state index in [1.165, 1.54) is 81.6 Å². The van der Waals surface area contributed by atoms with Gasteiger partial charge in [-0.05, 0) is 24.6 Å². The molecule has 41 heavy (non-hydrogen) atoms. The minimum atomic E-state index is -1.59. The van der Waals surface area contributed by atoms with Crippen LogP contribution in [0.1, 0.15) is 107 Å². The molecule has 2 heterocycles. The highest BCUT2D eigenvalue weighted by molar-refractivity contribution is 6.31. The van der Waals surface area contributed by atoms with Crippen LogP contribution in [-0.2, 0) is 14.3 Å². The molecular weight excluding hydrogens is 548 g/mol. The van der Waals surface area contributed by atoms with Gasteiger partial charge in [-0.25, -0.2) is 0 Å². The number of fused-ring (bicyclic) bond motifs is 1. The van der Waals surface area contributed by atoms with Crippen molar-refractivity contribution in [2.24, 2.45) is 0 Å². The van der Waals surface area contributed by atoms with Gasteiger partial charge in [-0.3, -0.25) is 9.59 Å². The van der Waals surface area contributed by atoms with Crippen molar-refractivity contribution < 1.29 is 34.4 Å². The van der Waals surface area contributed by atoms with Gasteiger partial charge < -0.3 is 35.0 Å². The van der Waals surface area contributed by atoms with Gasteiger partial charge in [0.05, 0.1) is 24.3 Å². The number of benzene rings is 1. The predicted molar refractivity (Wildman–Crippen MR) is 159 cm³/mol. The van der Waals surface area contributed by atoms with Crippen LogP contribution in [0, 0.1) is 0 Å². The number of ether oxygens (including phenoxy) is 2. The number of nitrogens with one attached hydrogen (secondary N) is 1. The summed E-state index contributed by atoms with van der Waals surface area (Å²) in [5, 5.41) is 34.7. The molecule has 1 aromatic carbocycles. The molecule has 4 N–H and O–H groups in total. The highest BCUT2D eigenvalue weighted by Gasteiger charge is 2.46. The molecule has 1 unspecified atom stereocenters. The lowest BCUT2D eigenvalue weighted by molar-refractivity contribution is -0.287. The first kappa shape index (κ1) is 33.7. The number of carbonyl (C=O) groups is 2. The van der Waals surface area contributed by atoms with Crippen molar-refractivity contribution in [3.05, 3.63) is 28.8 Å². The van der Waals surface area contributed by atoms with Gasteiger partial charge in [-0.2, -0.15) is 0 Å². The molecule has 3 rings (SSSR count). The van der Waals surface area contributed by atoms with Gasteiger partial charge in [0.15, 0.2) is 6.29 Å². The summed E-state index contributed by atoms with van der Waals surface area (Å²) in [7, 11) is 0. The van der Waals surface area contributed by atoms with Crippen molar-refractivity contribution in [2.75, 3.05) is 24.6 Å². The minimum absolute atomic E-state index is 0.147. The number of rotatable bonds is 18. The highest BCUT2D eigenvalue weighted by atomic mass is 35.5. The topological polar surface area (TPSA) is 129 Å². The van der Waals surface area contributed by atoms with Crippen molar-refractivity contribution in [3.63, 3.8) is 0 Å². The number of hydrogen-bond donors (Lipinski definition) is 4. The number of amides is 2. The molecule has 2 aliphatic rings. The molecule has 2 amide bonds. The summed E-state index contributed by atoms with van der Waals surface area (Å²) in [6, 6.07) is 4.60. The second kappa shape index (κ2) is 18.0. The number of nitrogens with zero attached hydrogens (tertiary/aromatic N) is 1. The Morgan fingerprint density at radius 2 is 1.49 bits per heavy atom. The molecule has 0 spiro atoms. The maximum Gasteiger partial charge on any atom is 0.253 e. The fourth-order valence-corrected chi connectivity index (χ4v) is 5.74. The normalized spacial score (nSPS) is 24.7. The Morgan fingerprint density at radius 1 is 0.902 bits per heavy atom. The van der Waals surface area contributed by atoms with Gasteiger partial charge in [0.25, 0.3) is 5.91 Å². The molecule has 1 aromatic rings. The van der Waals surface area contributed by atoms with Crippen molar-refractivity contribution in [3.8, 4) is 0 Å². The average molecular weight is 597 g/mol. The quantitative estimate of drug-likeness (QED) is 0.180. The zero-order chi connectivity index (χ0) is 29.6. The van der Waals surface area contributed by atoms with Gasteiger partial charge in [0, 0.05) is 11.6 Å². The number of halogens is 1. The molecule has 1 saturated heterocycles. The summed E-state index contributed by atoms with van der Waals surface area (Å²) in [6.45, 7) is 2.20. The summed E-state index contributed by atoms with van der Waals surface area (Å²) in [6.07, 6.45) is 10.9. The first-order valence-corrected chi connectivity index (χ1v) is 15.9. The van der Waals surface area contributed by atoms with Crippen LogP contribution >= 0.6 is 11.6 Å². The summed E-state index contributed by atoms with van der Waals surface area (Å²) < 4.78 is 11.3. The van der Waals surface area contributed by atoms with Gasteiger partial charge in [-0.15, -0.1) is 0 Å². The molecule has 5 atom stereocenters. The second-order valence-electron chi connectivity index (χ2n) is 11.3. The minimum Gasteiger partial charge on any atom is -0.388 e. The summed E-state index contributed by atoms with van der Waals surface area (Å²) in [5.74, 6) is -0.844. The number of aliphatic hydroxyl groups excluding tert-OH is 3. The molecular formula is C31H49ClN2O7. The van der Waals surface area contributed by atoms with Crippen LogP contribution in [0.5, 0.6) is 0 Å². The van der Waals surface area contributed by atoms with E-state index in [0.29, 0.717) is 17.3 Å². The van der Waals surface area contributed by atoms with Crippen LogP contribution in [0.4, 0.5) is 5.69 Å². The molecule has 1 fully saturated rings. The fraction of sp³-hybridized carbons (Fsp3) is 0.742. The molecule has 9 nitrogen and oxygen atoms in total. The van der Waals surface area contributed by atoms with E-state index in [1.807, 2.05) is 0 Å². The van der Waals surface area contributed by atoms with Crippen LogP contribution in [0.2, 0.25) is 5.02 Å². The van der Waals surface area contributed by atoms with Crippen molar-refractivity contribution in [1.29, 1.82) is 0 Å². The Balaban J connectivity index is 1.38. The molecule has 0 aliphatic carbocycles. The average Bonchev–Trinajstić information content (AvgIpc) is 3.07. The van der Waals surface area contributed by atoms with E-state index in [-0.39, 0.29) is 18.7 Å². The number of anilines is 1. The Hall–Kier alpha value is -1.75. The Bertz CT molecular complexity index is 949. The fourth-order valence-electron chi connectivity index (χ4n) is 5.57. The van der Waals surface area contributed by atoms with Gasteiger partial charge in [0.2, 0.25) is 5.91 Å². The van der Waals surface area contributed by atoms with E-state index >= 15 is 0 Å². The van der Waals surface area contributed by atoms with E-state index in [9.17, 15) is 24.9 Å². The lowest BCUT2D eigenvalue weighted by Gasteiger charge is -2.42. The lowest BCUT2D eigenvalue weighted by Crippen LogP contribution is -2.61. The monoisotopic (exact) mass is 596 g/mol. The molecule has 0 radical (unpaired) electrons. The van der Waals surface area contributed by atoms with E-state index in [2.05, 4.69) is 12.2 Å². The Kier molecular flexibility index (Phi) is 14.8. The van der Waals surface area contributed by atoms with Crippen LogP contribution in [0.3, 0.4) is 0 Å². The maximum atomic E-state index is 12.8. The first-order valence-electron chi connectivity index (χ1n) is 15.5. The zero-order valence-electron chi connectivity index (χ0n) is 24.4. The standard InChI is InChI=1S/C31H49ClN2O7/c1-2-3-4-5-6-7-8-9-10-11-12-13-14-15-18-40-29-27(36)25(41-31(39)28(29)37)21-34-24-17-16-22(32)19-23(24)30(38)33-20-26(34)35/h16-17,19,25,27-29,31,36-37,39H,2-15,18,20-21H2,1H3,(H,33,38)/t25-,27-,28-,29+,31?/m1/s1. The summed E-state index contributed by atoms with van der Waals surface area (Å²) in [4.78, 5) is 26.6. The van der Waals surface area contributed by atoms with Crippen molar-refractivity contribution in [2.45, 2.75) is 128 Å². The third kappa shape index (κ3) is 10.5. The van der Waals surface area contributed by atoms with E-state index < -0.39 is 42.5 Å². The molecule has 10 heteroatoms. The largest absolute Gasteiger partial charge is 0.388 e. The van der Waals surface area contributed by atoms with E-state index in [4.69, 9.17) is 21.1 Å². The van der Waals surface area contributed by atoms with Gasteiger partial charge in [0.1, 0.15) is 24.4 Å². The number of carbonyl (C=O) groups excluding carboxylic acids is 2. The van der Waals surface area contributed by atoms with Crippen LogP contribution in [0.25, 0.3) is 0 Å². The van der Waals surface area contributed by atoms with Crippen molar-refractivity contribution >= 4 is 29.1 Å². The van der Waals surface area contributed by atoms with Crippen LogP contribution < -0.4 is 10.2 Å². The molecule has 0 aromatic heterocycles. The Labute approximate surface area is 249 Å². The third-order valence-corrected chi connectivity index (χ3v) is 8.26. The lowest BCUT2D eigenvalue weighted by atomic mass is 9.97. The van der Waals surface area contributed by atoms with Crippen LogP contribution in [-0.4, -0.2) is 77.5 Å². The molecule has 2 aliphatic heterocycles.